The Morgan fingerprint density at radius 3 is 1.06 bits per heavy atom. The number of hydrogen-bond donors (Lipinski definition) is 0. The van der Waals surface area contributed by atoms with E-state index in [4.69, 9.17) is 39.9 Å². The number of nitrogens with zero attached hydrogens (tertiary/aromatic N) is 5. The normalized spacial score (nSPS) is 18.0. The predicted octanol–water partition coefficient (Wildman–Crippen LogP) is -4.21. The zero-order chi connectivity index (χ0) is 23.6. The molecule has 0 aliphatic carbocycles. The summed E-state index contributed by atoms with van der Waals surface area (Å²) in [5.41, 5.74) is -1.41. The fourth-order valence-corrected chi connectivity index (χ4v) is 3.43. The van der Waals surface area contributed by atoms with Crippen molar-refractivity contribution < 1.29 is 28.8 Å². The highest BCUT2D eigenvalue weighted by Gasteiger charge is 2.40. The fourth-order valence-electron chi connectivity index (χ4n) is 3.43. The summed E-state index contributed by atoms with van der Waals surface area (Å²) in [5.74, 6) is -4.92. The van der Waals surface area contributed by atoms with Gasteiger partial charge in [-0.2, -0.15) is 0 Å². The van der Waals surface area contributed by atoms with Crippen LogP contribution >= 0.6 is 0 Å². The van der Waals surface area contributed by atoms with Crippen LogP contribution in [-0.2, 0) is 19.2 Å². The molecule has 2 saturated heterocycles. The summed E-state index contributed by atoms with van der Waals surface area (Å²) in [7, 11) is 27.9. The van der Waals surface area contributed by atoms with Crippen LogP contribution in [0.25, 0.3) is 21.9 Å². The van der Waals surface area contributed by atoms with Crippen molar-refractivity contribution in [2.75, 3.05) is 0 Å². The topological polar surface area (TPSA) is 120 Å². The van der Waals surface area contributed by atoms with Gasteiger partial charge in [-0.3, -0.25) is 28.8 Å². The molecule has 32 heavy (non-hydrogen) atoms. The highest BCUT2D eigenvalue weighted by molar-refractivity contribution is 6.56. The van der Waals surface area contributed by atoms with Crippen LogP contribution < -0.4 is 10.7 Å². The Labute approximate surface area is 185 Å². The van der Waals surface area contributed by atoms with Gasteiger partial charge in [0.05, 0.1) is 10.7 Å². The second-order valence-corrected chi connectivity index (χ2v) is 6.63. The third-order valence-electron chi connectivity index (χ3n) is 4.95. The first kappa shape index (κ1) is 21.3. The Morgan fingerprint density at radius 1 is 0.500 bits per heavy atom. The molecule has 0 saturated carbocycles. The van der Waals surface area contributed by atoms with Crippen LogP contribution in [0.5, 0.6) is 0 Å². The van der Waals surface area contributed by atoms with Gasteiger partial charge in [-0.05, 0) is 0 Å². The molecule has 0 N–H and O–H groups in total. The first-order valence-electron chi connectivity index (χ1n) is 8.58. The molecule has 0 unspecified atom stereocenters. The molecule has 11 nitrogen and oxygen atoms in total. The number of benzene rings is 1. The minimum absolute atomic E-state index is 0.101. The molecule has 4 rings (SSSR count). The third kappa shape index (κ3) is 2.61. The zero-order valence-corrected chi connectivity index (χ0v) is 15.9. The van der Waals surface area contributed by atoms with E-state index in [1.165, 1.54) is 24.3 Å². The van der Waals surface area contributed by atoms with E-state index in [1.807, 2.05) is 0 Å². The maximum atomic E-state index is 12.7. The molecule has 16 heteroatoms. The van der Waals surface area contributed by atoms with Crippen molar-refractivity contribution in [3.05, 3.63) is 35.0 Å². The molecule has 2 fully saturated rings. The van der Waals surface area contributed by atoms with Crippen LogP contribution in [0.1, 0.15) is 0 Å². The summed E-state index contributed by atoms with van der Waals surface area (Å²) in [4.78, 5) is 74.8. The highest BCUT2D eigenvalue weighted by Crippen LogP contribution is 2.18. The summed E-state index contributed by atoms with van der Waals surface area (Å²) in [6, 6.07) is 3.31. The smallest absolute Gasteiger partial charge is 0.307 e. The number of carbonyl (C=O) groups excluding carboxylic acids is 6. The van der Waals surface area contributed by atoms with E-state index in [0.29, 0.717) is 4.48 Å². The number of amides is 8. The minimum Gasteiger partial charge on any atom is -0.395 e. The number of aromatic nitrogens is 1. The molecule has 144 valence electrons. The van der Waals surface area contributed by atoms with Crippen molar-refractivity contribution >= 4 is 97.5 Å². The van der Waals surface area contributed by atoms with E-state index in [2.05, 4.69) is 0 Å². The van der Waals surface area contributed by atoms with Crippen molar-refractivity contribution in [3.8, 4) is 0 Å². The number of rotatable bonds is 0. The van der Waals surface area contributed by atoms with Gasteiger partial charge in [0.25, 0.3) is 23.6 Å². The van der Waals surface area contributed by atoms with Crippen molar-refractivity contribution in [1.82, 2.24) is 23.7 Å². The van der Waals surface area contributed by atoms with E-state index in [-0.39, 0.29) is 40.7 Å². The maximum absolute atomic E-state index is 12.7. The van der Waals surface area contributed by atoms with Gasteiger partial charge in [0.15, 0.2) is 0 Å². The standard InChI is InChI=1S/C16H4B5N5O6/c17-22-9(7-11(27)23(18)15(31)24(19)12(7)28)5-3-1-2-4-6(5)10(22)8-13(29)25(20)16(32)26(21)14(8)30/h1-4H. The molecule has 0 atom stereocenters. The predicted molar refractivity (Wildman–Crippen MR) is 110 cm³/mol. The molecule has 2 aromatic rings. The van der Waals surface area contributed by atoms with Gasteiger partial charge in [-0.15, -0.1) is 0 Å². The van der Waals surface area contributed by atoms with E-state index in [1.54, 1.807) is 0 Å². The van der Waals surface area contributed by atoms with Crippen molar-refractivity contribution in [3.63, 3.8) is 0 Å². The number of barbiturate groups is 2. The number of carbonyl (C=O) groups is 6. The van der Waals surface area contributed by atoms with Gasteiger partial charge < -0.3 is 23.7 Å². The minimum atomic E-state index is -1.29. The van der Waals surface area contributed by atoms with Crippen LogP contribution in [0, 0.1) is 0 Å². The van der Waals surface area contributed by atoms with E-state index < -0.39 is 46.8 Å². The Bertz CT molecular complexity index is 1280. The molecule has 1 aromatic carbocycles. The van der Waals surface area contributed by atoms with Crippen LogP contribution in [0.3, 0.4) is 0 Å². The summed E-state index contributed by atoms with van der Waals surface area (Å²) in [6.07, 6.45) is 0. The quantitative estimate of drug-likeness (QED) is 0.402. The zero-order valence-electron chi connectivity index (χ0n) is 15.9. The van der Waals surface area contributed by atoms with Crippen molar-refractivity contribution in [2.24, 2.45) is 0 Å². The lowest BCUT2D eigenvalue weighted by Crippen LogP contribution is -2.57. The van der Waals surface area contributed by atoms with E-state index in [9.17, 15) is 28.8 Å². The molecule has 2 aliphatic rings. The first-order valence-corrected chi connectivity index (χ1v) is 8.58. The maximum Gasteiger partial charge on any atom is 0.307 e. The lowest BCUT2D eigenvalue weighted by atomic mass is 10.0. The van der Waals surface area contributed by atoms with Crippen LogP contribution in [-0.4, -0.2) is 99.3 Å². The van der Waals surface area contributed by atoms with Crippen LogP contribution in [0.2, 0.25) is 0 Å². The monoisotopic (exact) mass is 417 g/mol. The Hall–Kier alpha value is -3.96. The number of hydrogen-bond acceptors (Lipinski definition) is 6. The summed E-state index contributed by atoms with van der Waals surface area (Å²) < 4.78 is 0.690. The van der Waals surface area contributed by atoms with Crippen LogP contribution in [0.4, 0.5) is 9.59 Å². The average molecular weight is 416 g/mol. The molecule has 3 heterocycles. The average Bonchev–Trinajstić information content (AvgIpc) is 3.06. The number of imide groups is 4. The third-order valence-corrected chi connectivity index (χ3v) is 4.95. The molecule has 2 aliphatic heterocycles. The van der Waals surface area contributed by atoms with Gasteiger partial charge in [0.1, 0.15) is 11.1 Å². The van der Waals surface area contributed by atoms with Crippen molar-refractivity contribution in [1.29, 1.82) is 0 Å². The second kappa shape index (κ2) is 7.04. The Balaban J connectivity index is 2.24. The lowest BCUT2D eigenvalue weighted by molar-refractivity contribution is -0.129. The lowest BCUT2D eigenvalue weighted by Gasteiger charge is -2.30. The largest absolute Gasteiger partial charge is 0.395 e. The van der Waals surface area contributed by atoms with Gasteiger partial charge in [-0.25, -0.2) is 0 Å². The Kier molecular flexibility index (Phi) is 4.68. The molecular weight excluding hydrogens is 412 g/mol. The molecular formula is C16H4B5N5O6. The fraction of sp³-hybridized carbons (Fsp3) is 0. The molecule has 0 spiro atoms. The summed E-state index contributed by atoms with van der Waals surface area (Å²) in [6.45, 7) is 0. The molecule has 8 amide bonds. The molecule has 1 aromatic heterocycles. The summed E-state index contributed by atoms with van der Waals surface area (Å²) in [5, 5.41) is -0.368. The SMILES string of the molecule is [B]N1C(=O)C(=c2c3ccccc3c(=C3C(=O)N([B])C(=O)N([B])C3=O)n2[B])C(=O)N([B])C1=O. The Morgan fingerprint density at radius 2 is 0.781 bits per heavy atom. The second-order valence-electron chi connectivity index (χ2n) is 6.63. The first-order chi connectivity index (χ1) is 15.0. The van der Waals surface area contributed by atoms with E-state index in [0.717, 1.165) is 0 Å². The molecule has 0 bridgehead atoms. The van der Waals surface area contributed by atoms with Gasteiger partial charge >= 0.3 is 12.1 Å². The van der Waals surface area contributed by atoms with E-state index >= 15 is 0 Å². The number of fused-ring (bicyclic) bond motifs is 1. The van der Waals surface area contributed by atoms with Crippen LogP contribution in [0.15, 0.2) is 24.3 Å². The highest BCUT2D eigenvalue weighted by atomic mass is 16.2. The van der Waals surface area contributed by atoms with Gasteiger partial charge in [-0.1, -0.05) is 24.3 Å². The number of urea groups is 2. The van der Waals surface area contributed by atoms with Crippen molar-refractivity contribution in [2.45, 2.75) is 0 Å². The van der Waals surface area contributed by atoms with Gasteiger partial charge in [0.2, 0.25) is 39.9 Å². The van der Waals surface area contributed by atoms with Gasteiger partial charge in [0, 0.05) is 10.8 Å². The molecule has 10 radical (unpaired) electrons. The summed E-state index contributed by atoms with van der Waals surface area (Å²) >= 11 is 0.